The molecule has 21 heavy (non-hydrogen) atoms. The van der Waals surface area contributed by atoms with E-state index in [1.54, 1.807) is 32.4 Å². The lowest BCUT2D eigenvalue weighted by Gasteiger charge is -2.12. The highest BCUT2D eigenvalue weighted by Crippen LogP contribution is 2.29. The summed E-state index contributed by atoms with van der Waals surface area (Å²) in [5.74, 6) is 1.95. The number of nitrogens with zero attached hydrogens (tertiary/aromatic N) is 1. The molecule has 2 aromatic rings. The van der Waals surface area contributed by atoms with Gasteiger partial charge in [-0.05, 0) is 36.4 Å². The Morgan fingerprint density at radius 2 is 1.81 bits per heavy atom. The van der Waals surface area contributed by atoms with Crippen molar-refractivity contribution in [2.75, 3.05) is 14.2 Å². The lowest BCUT2D eigenvalue weighted by atomic mass is 10.2. The zero-order valence-corrected chi connectivity index (χ0v) is 12.5. The zero-order chi connectivity index (χ0) is 15.2. The van der Waals surface area contributed by atoms with Gasteiger partial charge in [-0.2, -0.15) is 5.26 Å². The van der Waals surface area contributed by atoms with Gasteiger partial charge in [0.1, 0.15) is 23.9 Å². The normalized spacial score (nSPS) is 9.81. The summed E-state index contributed by atoms with van der Waals surface area (Å²) in [6.45, 7) is 0.284. The van der Waals surface area contributed by atoms with Crippen molar-refractivity contribution in [2.24, 2.45) is 0 Å². The fourth-order valence-corrected chi connectivity index (χ4v) is 2.07. The zero-order valence-electron chi connectivity index (χ0n) is 11.7. The van der Waals surface area contributed by atoms with Crippen LogP contribution < -0.4 is 14.2 Å². The molecule has 0 saturated carbocycles. The van der Waals surface area contributed by atoms with Gasteiger partial charge in [-0.25, -0.2) is 0 Å². The van der Waals surface area contributed by atoms with E-state index in [1.807, 2.05) is 24.3 Å². The van der Waals surface area contributed by atoms with E-state index in [0.717, 1.165) is 11.3 Å². The molecule has 0 saturated heterocycles. The van der Waals surface area contributed by atoms with E-state index in [1.165, 1.54) is 0 Å². The molecule has 4 nitrogen and oxygen atoms in total. The van der Waals surface area contributed by atoms with Crippen LogP contribution in [-0.2, 0) is 6.61 Å². The Morgan fingerprint density at radius 3 is 2.43 bits per heavy atom. The monoisotopic (exact) mass is 303 g/mol. The average molecular weight is 304 g/mol. The van der Waals surface area contributed by atoms with E-state index in [-0.39, 0.29) is 6.61 Å². The van der Waals surface area contributed by atoms with Gasteiger partial charge in [0.25, 0.3) is 0 Å². The summed E-state index contributed by atoms with van der Waals surface area (Å²) < 4.78 is 16.2. The predicted octanol–water partition coefficient (Wildman–Crippen LogP) is 3.81. The van der Waals surface area contributed by atoms with Gasteiger partial charge in [-0.15, -0.1) is 0 Å². The van der Waals surface area contributed by atoms with E-state index >= 15 is 0 Å². The third kappa shape index (κ3) is 3.59. The number of halogens is 1. The Labute approximate surface area is 128 Å². The number of nitriles is 1. The molecule has 0 heterocycles. The molecule has 108 valence electrons. The van der Waals surface area contributed by atoms with Gasteiger partial charge in [-0.3, -0.25) is 0 Å². The average Bonchev–Trinajstić information content (AvgIpc) is 2.53. The minimum absolute atomic E-state index is 0.284. The number of rotatable bonds is 5. The van der Waals surface area contributed by atoms with Crippen LogP contribution in [0, 0.1) is 11.3 Å². The molecular formula is C16H14ClNO3. The maximum Gasteiger partial charge on any atom is 0.138 e. The lowest BCUT2D eigenvalue weighted by molar-refractivity contribution is 0.295. The molecular weight excluding hydrogens is 290 g/mol. The summed E-state index contributed by atoms with van der Waals surface area (Å²) in [4.78, 5) is 0. The van der Waals surface area contributed by atoms with E-state index in [2.05, 4.69) is 0 Å². The topological polar surface area (TPSA) is 51.5 Å². The van der Waals surface area contributed by atoms with Gasteiger partial charge in [0.15, 0.2) is 0 Å². The first-order chi connectivity index (χ1) is 10.2. The van der Waals surface area contributed by atoms with Crippen molar-refractivity contribution in [3.63, 3.8) is 0 Å². The van der Waals surface area contributed by atoms with Crippen LogP contribution in [-0.4, -0.2) is 14.2 Å². The smallest absolute Gasteiger partial charge is 0.138 e. The summed E-state index contributed by atoms with van der Waals surface area (Å²) in [5, 5.41) is 9.21. The third-order valence-electron chi connectivity index (χ3n) is 2.93. The van der Waals surface area contributed by atoms with Crippen LogP contribution in [0.2, 0.25) is 5.02 Å². The maximum absolute atomic E-state index is 8.81. The van der Waals surface area contributed by atoms with Crippen LogP contribution in [0.1, 0.15) is 11.1 Å². The molecule has 0 spiro atoms. The molecule has 0 aromatic heterocycles. The van der Waals surface area contributed by atoms with Gasteiger partial charge in [0, 0.05) is 5.56 Å². The highest BCUT2D eigenvalue weighted by molar-refractivity contribution is 6.32. The molecule has 0 unspecified atom stereocenters. The first kappa shape index (κ1) is 15.0. The SMILES string of the molecule is COc1ccc(OC)c(COc2ccc(C#N)cc2Cl)c1. The number of benzene rings is 2. The van der Waals surface area contributed by atoms with Crippen LogP contribution in [0.15, 0.2) is 36.4 Å². The van der Waals surface area contributed by atoms with E-state index in [9.17, 15) is 0 Å². The maximum atomic E-state index is 8.81. The second kappa shape index (κ2) is 6.87. The Kier molecular flexibility index (Phi) is 4.91. The molecule has 0 radical (unpaired) electrons. The van der Waals surface area contributed by atoms with Crippen molar-refractivity contribution in [3.05, 3.63) is 52.5 Å². The number of ether oxygens (including phenoxy) is 3. The fraction of sp³-hybridized carbons (Fsp3) is 0.188. The molecule has 0 amide bonds. The molecule has 0 atom stereocenters. The summed E-state index contributed by atoms with van der Waals surface area (Å²) in [6.07, 6.45) is 0. The van der Waals surface area contributed by atoms with Crippen LogP contribution in [0.3, 0.4) is 0 Å². The Hall–Kier alpha value is -2.38. The van der Waals surface area contributed by atoms with Crippen LogP contribution in [0.4, 0.5) is 0 Å². The van der Waals surface area contributed by atoms with Gasteiger partial charge >= 0.3 is 0 Å². The van der Waals surface area contributed by atoms with Crippen molar-refractivity contribution in [3.8, 4) is 23.3 Å². The first-order valence-electron chi connectivity index (χ1n) is 6.21. The largest absolute Gasteiger partial charge is 0.497 e. The highest BCUT2D eigenvalue weighted by Gasteiger charge is 2.08. The fourth-order valence-electron chi connectivity index (χ4n) is 1.84. The number of hydrogen-bond acceptors (Lipinski definition) is 4. The van der Waals surface area contributed by atoms with Crippen molar-refractivity contribution in [2.45, 2.75) is 6.61 Å². The number of methoxy groups -OCH3 is 2. The molecule has 0 bridgehead atoms. The summed E-state index contributed by atoms with van der Waals surface area (Å²) in [7, 11) is 3.20. The number of hydrogen-bond donors (Lipinski definition) is 0. The predicted molar refractivity (Wildman–Crippen MR) is 80.0 cm³/mol. The van der Waals surface area contributed by atoms with Crippen LogP contribution in [0.5, 0.6) is 17.2 Å². The minimum Gasteiger partial charge on any atom is -0.497 e. The van der Waals surface area contributed by atoms with E-state index < -0.39 is 0 Å². The van der Waals surface area contributed by atoms with E-state index in [4.69, 9.17) is 31.1 Å². The van der Waals surface area contributed by atoms with Crippen LogP contribution in [0.25, 0.3) is 0 Å². The molecule has 2 rings (SSSR count). The Bertz CT molecular complexity index is 680. The second-order valence-corrected chi connectivity index (χ2v) is 4.63. The third-order valence-corrected chi connectivity index (χ3v) is 3.23. The summed E-state index contributed by atoms with van der Waals surface area (Å²) in [6, 6.07) is 12.4. The van der Waals surface area contributed by atoms with Crippen molar-refractivity contribution >= 4 is 11.6 Å². The highest BCUT2D eigenvalue weighted by atomic mass is 35.5. The minimum atomic E-state index is 0.284. The molecule has 0 aliphatic heterocycles. The summed E-state index contributed by atoms with van der Waals surface area (Å²) in [5.41, 5.74) is 1.34. The molecule has 0 N–H and O–H groups in total. The van der Waals surface area contributed by atoms with Gasteiger partial charge in [0.05, 0.1) is 30.9 Å². The molecule has 5 heteroatoms. The lowest BCUT2D eigenvalue weighted by Crippen LogP contribution is -2.00. The first-order valence-corrected chi connectivity index (χ1v) is 6.59. The Balaban J connectivity index is 2.18. The van der Waals surface area contributed by atoms with E-state index in [0.29, 0.717) is 22.1 Å². The van der Waals surface area contributed by atoms with Gasteiger partial charge in [-0.1, -0.05) is 11.6 Å². The van der Waals surface area contributed by atoms with Gasteiger partial charge in [0.2, 0.25) is 0 Å². The molecule has 2 aromatic carbocycles. The molecule has 0 aliphatic rings. The standard InChI is InChI=1S/C16H14ClNO3/c1-19-13-4-6-15(20-2)12(8-13)10-21-16-5-3-11(9-18)7-14(16)17/h3-8H,10H2,1-2H3. The quantitative estimate of drug-likeness (QED) is 0.843. The van der Waals surface area contributed by atoms with Crippen molar-refractivity contribution < 1.29 is 14.2 Å². The second-order valence-electron chi connectivity index (χ2n) is 4.22. The van der Waals surface area contributed by atoms with Gasteiger partial charge < -0.3 is 14.2 Å². The van der Waals surface area contributed by atoms with Crippen LogP contribution >= 0.6 is 11.6 Å². The summed E-state index contributed by atoms with van der Waals surface area (Å²) >= 11 is 6.07. The Morgan fingerprint density at radius 1 is 1.05 bits per heavy atom. The van der Waals surface area contributed by atoms with Crippen molar-refractivity contribution in [1.82, 2.24) is 0 Å². The molecule has 0 fully saturated rings. The molecule has 0 aliphatic carbocycles. The van der Waals surface area contributed by atoms with Crippen molar-refractivity contribution in [1.29, 1.82) is 5.26 Å².